The summed E-state index contributed by atoms with van der Waals surface area (Å²) in [4.78, 5) is 12.3. The summed E-state index contributed by atoms with van der Waals surface area (Å²) in [6.45, 7) is 12.5. The quantitative estimate of drug-likeness (QED) is 0.0579. The van der Waals surface area contributed by atoms with Crippen LogP contribution in [-0.2, 0) is 71.1 Å². The Morgan fingerprint density at radius 2 is 0.797 bits per heavy atom. The maximum atomic E-state index is 12.1. The van der Waals surface area contributed by atoms with E-state index in [1.54, 1.807) is 30.3 Å². The monoisotopic (exact) mass is 861 g/mol. The van der Waals surface area contributed by atoms with Gasteiger partial charge in [0.1, 0.15) is 6.61 Å². The Morgan fingerprint density at radius 3 is 1.15 bits per heavy atom. The minimum Gasteiger partial charge on any atom is -0.460 e. The molecule has 17 nitrogen and oxygen atoms in total. The molecule has 0 spiro atoms. The molecule has 338 valence electrons. The Balaban J connectivity index is 1.17. The SMILES string of the molecule is CCCCNc1ccc(C(=O)OCCOCCOCCOCCOCCOCCOCCOCCOCCOCCOCCOCCOS(=O)(=O)c2ccccc2)cc1. The van der Waals surface area contributed by atoms with E-state index in [1.165, 1.54) is 12.1 Å². The number of hydrogen-bond donors (Lipinski definition) is 1. The molecule has 0 fully saturated rings. The highest BCUT2D eigenvalue weighted by atomic mass is 32.2. The van der Waals surface area contributed by atoms with E-state index in [9.17, 15) is 13.2 Å². The summed E-state index contributed by atoms with van der Waals surface area (Å²) in [6, 6.07) is 15.2. The van der Waals surface area contributed by atoms with Crippen LogP contribution in [0, 0.1) is 0 Å². The van der Waals surface area contributed by atoms with E-state index in [2.05, 4.69) is 12.2 Å². The Labute approximate surface area is 350 Å². The van der Waals surface area contributed by atoms with Crippen LogP contribution in [0.2, 0.25) is 0 Å². The predicted molar refractivity (Wildman–Crippen MR) is 219 cm³/mol. The van der Waals surface area contributed by atoms with Gasteiger partial charge in [0.2, 0.25) is 0 Å². The van der Waals surface area contributed by atoms with Crippen LogP contribution in [0.3, 0.4) is 0 Å². The van der Waals surface area contributed by atoms with Gasteiger partial charge in [-0.3, -0.25) is 4.18 Å². The summed E-state index contributed by atoms with van der Waals surface area (Å²) < 4.78 is 94.2. The molecule has 0 aliphatic carbocycles. The van der Waals surface area contributed by atoms with Crippen molar-refractivity contribution in [2.45, 2.75) is 24.7 Å². The van der Waals surface area contributed by atoms with Gasteiger partial charge in [-0.15, -0.1) is 0 Å². The lowest BCUT2D eigenvalue weighted by atomic mass is 10.2. The van der Waals surface area contributed by atoms with E-state index in [4.69, 9.17) is 61.0 Å². The molecule has 1 N–H and O–H groups in total. The number of benzene rings is 2. The van der Waals surface area contributed by atoms with Gasteiger partial charge in [0.05, 0.1) is 162 Å². The van der Waals surface area contributed by atoms with Gasteiger partial charge >= 0.3 is 5.97 Å². The molecule has 0 aliphatic heterocycles. The van der Waals surface area contributed by atoms with Crippen molar-refractivity contribution >= 4 is 21.8 Å². The van der Waals surface area contributed by atoms with Crippen LogP contribution in [0.15, 0.2) is 59.5 Å². The Hall–Kier alpha value is -2.82. The molecule has 2 aromatic rings. The molecule has 0 aromatic heterocycles. The second-order valence-electron chi connectivity index (χ2n) is 12.3. The van der Waals surface area contributed by atoms with E-state index >= 15 is 0 Å². The number of anilines is 1. The molecule has 59 heavy (non-hydrogen) atoms. The number of rotatable bonds is 43. The first-order valence-corrected chi connectivity index (χ1v) is 21.7. The number of nitrogens with one attached hydrogen (secondary N) is 1. The largest absolute Gasteiger partial charge is 0.460 e. The maximum Gasteiger partial charge on any atom is 0.338 e. The minimum atomic E-state index is -3.77. The molecule has 2 aromatic carbocycles. The van der Waals surface area contributed by atoms with Crippen molar-refractivity contribution in [2.24, 2.45) is 0 Å². The van der Waals surface area contributed by atoms with Crippen LogP contribution in [0.1, 0.15) is 30.1 Å². The summed E-state index contributed by atoms with van der Waals surface area (Å²) in [5.74, 6) is -0.369. The molecule has 0 amide bonds. The second kappa shape index (κ2) is 38.1. The lowest BCUT2D eigenvalue weighted by Gasteiger charge is -2.09. The summed E-state index contributed by atoms with van der Waals surface area (Å²) in [6.07, 6.45) is 2.23. The van der Waals surface area contributed by atoms with Crippen LogP contribution in [-0.4, -0.2) is 179 Å². The first kappa shape index (κ1) is 52.3. The van der Waals surface area contributed by atoms with Gasteiger partial charge < -0.3 is 62.2 Å². The normalized spacial score (nSPS) is 11.6. The average molecular weight is 862 g/mol. The van der Waals surface area contributed by atoms with Crippen molar-refractivity contribution in [3.63, 3.8) is 0 Å². The van der Waals surface area contributed by atoms with E-state index < -0.39 is 10.1 Å². The van der Waals surface area contributed by atoms with Gasteiger partial charge in [0.15, 0.2) is 0 Å². The standard InChI is InChI=1S/C41H67NO16S/c1-2-3-13-42-39-11-9-38(10-12-39)41(43)57-36-34-55-32-30-53-28-26-51-24-22-49-20-18-47-16-14-46-15-17-48-19-21-50-23-25-52-27-29-54-31-33-56-35-37-58-59(44,45)40-7-5-4-6-8-40/h4-12,42H,2-3,13-37H2,1H3. The van der Waals surface area contributed by atoms with Crippen LogP contribution in [0.5, 0.6) is 0 Å². The summed E-state index contributed by atoms with van der Waals surface area (Å²) in [5.41, 5.74) is 1.50. The number of unbranched alkanes of at least 4 members (excludes halogenated alkanes) is 1. The smallest absolute Gasteiger partial charge is 0.338 e. The van der Waals surface area contributed by atoms with Gasteiger partial charge in [0, 0.05) is 12.2 Å². The van der Waals surface area contributed by atoms with Crippen LogP contribution >= 0.6 is 0 Å². The van der Waals surface area contributed by atoms with Crippen LogP contribution in [0.25, 0.3) is 0 Å². The van der Waals surface area contributed by atoms with Gasteiger partial charge in [-0.2, -0.15) is 8.42 Å². The summed E-state index contributed by atoms with van der Waals surface area (Å²) in [5, 5.41) is 3.32. The number of carbonyl (C=O) groups excluding carboxylic acids is 1. The molecule has 0 bridgehead atoms. The zero-order chi connectivity index (χ0) is 42.2. The first-order chi connectivity index (χ1) is 29.0. The molecule has 18 heteroatoms. The third-order valence-electron chi connectivity index (χ3n) is 7.66. The lowest BCUT2D eigenvalue weighted by Crippen LogP contribution is -2.16. The second-order valence-corrected chi connectivity index (χ2v) is 13.9. The van der Waals surface area contributed by atoms with Crippen molar-refractivity contribution in [1.29, 1.82) is 0 Å². The van der Waals surface area contributed by atoms with E-state index in [1.807, 2.05) is 12.1 Å². The molecular weight excluding hydrogens is 795 g/mol. The van der Waals surface area contributed by atoms with Crippen molar-refractivity contribution in [1.82, 2.24) is 0 Å². The number of ether oxygens (including phenoxy) is 12. The fraction of sp³-hybridized carbons (Fsp3) is 0.683. The van der Waals surface area contributed by atoms with Crippen molar-refractivity contribution in [2.75, 3.05) is 170 Å². The molecule has 0 unspecified atom stereocenters. The highest BCUT2D eigenvalue weighted by Gasteiger charge is 2.14. The van der Waals surface area contributed by atoms with E-state index in [0.29, 0.717) is 144 Å². The van der Waals surface area contributed by atoms with Gasteiger partial charge in [-0.25, -0.2) is 4.79 Å². The molecule has 0 heterocycles. The Morgan fingerprint density at radius 1 is 0.458 bits per heavy atom. The Kier molecular flexibility index (Phi) is 33.8. The zero-order valence-corrected chi connectivity index (χ0v) is 35.5. The molecule has 0 aliphatic rings. The predicted octanol–water partition coefficient (Wildman–Crippen LogP) is 3.64. The Bertz CT molecular complexity index is 1340. The average Bonchev–Trinajstić information content (AvgIpc) is 3.25. The maximum absolute atomic E-state index is 12.1. The fourth-order valence-electron chi connectivity index (χ4n) is 4.57. The van der Waals surface area contributed by atoms with Gasteiger partial charge in [0.25, 0.3) is 10.1 Å². The lowest BCUT2D eigenvalue weighted by molar-refractivity contribution is -0.0282. The number of hydrogen-bond acceptors (Lipinski definition) is 17. The highest BCUT2D eigenvalue weighted by Crippen LogP contribution is 2.12. The molecular formula is C41H67NO16S. The van der Waals surface area contributed by atoms with Crippen LogP contribution in [0.4, 0.5) is 5.69 Å². The topological polar surface area (TPSA) is 183 Å². The van der Waals surface area contributed by atoms with E-state index in [-0.39, 0.29) is 30.7 Å². The number of carbonyl (C=O) groups is 1. The molecule has 0 saturated carbocycles. The summed E-state index contributed by atoms with van der Waals surface area (Å²) >= 11 is 0. The highest BCUT2D eigenvalue weighted by molar-refractivity contribution is 7.86. The first-order valence-electron chi connectivity index (χ1n) is 20.3. The van der Waals surface area contributed by atoms with Gasteiger partial charge in [-0.1, -0.05) is 31.5 Å². The molecule has 0 atom stereocenters. The third kappa shape index (κ3) is 30.8. The van der Waals surface area contributed by atoms with E-state index in [0.717, 1.165) is 25.1 Å². The van der Waals surface area contributed by atoms with Crippen molar-refractivity contribution in [3.8, 4) is 0 Å². The number of esters is 1. The molecule has 0 radical (unpaired) electrons. The zero-order valence-electron chi connectivity index (χ0n) is 34.7. The third-order valence-corrected chi connectivity index (χ3v) is 8.99. The van der Waals surface area contributed by atoms with Crippen molar-refractivity contribution in [3.05, 3.63) is 60.2 Å². The van der Waals surface area contributed by atoms with Crippen LogP contribution < -0.4 is 5.32 Å². The summed E-state index contributed by atoms with van der Waals surface area (Å²) in [7, 11) is -3.77. The van der Waals surface area contributed by atoms with Crippen molar-refractivity contribution < 1.29 is 74.2 Å². The minimum absolute atomic E-state index is 0.0651. The molecule has 2 rings (SSSR count). The fourth-order valence-corrected chi connectivity index (χ4v) is 5.48. The van der Waals surface area contributed by atoms with Gasteiger partial charge in [-0.05, 0) is 42.8 Å². The molecule has 0 saturated heterocycles.